The summed E-state index contributed by atoms with van der Waals surface area (Å²) in [6.45, 7) is 4.40. The minimum Gasteiger partial charge on any atom is -0.488 e. The molecule has 0 aliphatic heterocycles. The predicted molar refractivity (Wildman–Crippen MR) is 76.6 cm³/mol. The highest BCUT2D eigenvalue weighted by molar-refractivity contribution is 5.98. The highest BCUT2D eigenvalue weighted by Gasteiger charge is 2.09. The van der Waals surface area contributed by atoms with Gasteiger partial charge in [-0.25, -0.2) is 0 Å². The molecule has 98 valence electrons. The van der Waals surface area contributed by atoms with E-state index < -0.39 is 0 Å². The molecule has 0 aliphatic carbocycles. The third-order valence-corrected chi connectivity index (χ3v) is 3.02. The molecule has 0 amide bonds. The molecule has 0 saturated carbocycles. The maximum absolute atomic E-state index is 11.8. The second-order valence-electron chi connectivity index (χ2n) is 4.55. The van der Waals surface area contributed by atoms with Gasteiger partial charge in [0.2, 0.25) is 0 Å². The number of ether oxygens (including phenoxy) is 1. The molecule has 0 heterocycles. The molecule has 0 fully saturated rings. The van der Waals surface area contributed by atoms with Gasteiger partial charge in [-0.15, -0.1) is 0 Å². The SMILES string of the molecule is CCC(=O)c1ccccc1OCc1ccc(C)cc1. The van der Waals surface area contributed by atoms with Crippen LogP contribution in [0.15, 0.2) is 48.5 Å². The summed E-state index contributed by atoms with van der Waals surface area (Å²) in [4.78, 5) is 11.8. The van der Waals surface area contributed by atoms with E-state index in [0.29, 0.717) is 24.3 Å². The van der Waals surface area contributed by atoms with Gasteiger partial charge in [0.25, 0.3) is 0 Å². The van der Waals surface area contributed by atoms with Gasteiger partial charge in [0, 0.05) is 6.42 Å². The Balaban J connectivity index is 2.11. The molecule has 0 aliphatic rings. The van der Waals surface area contributed by atoms with E-state index in [9.17, 15) is 4.79 Å². The number of carbonyl (C=O) groups is 1. The van der Waals surface area contributed by atoms with Gasteiger partial charge in [0.15, 0.2) is 5.78 Å². The van der Waals surface area contributed by atoms with Crippen molar-refractivity contribution in [2.45, 2.75) is 26.9 Å². The van der Waals surface area contributed by atoms with Crippen LogP contribution >= 0.6 is 0 Å². The van der Waals surface area contributed by atoms with Gasteiger partial charge in [-0.3, -0.25) is 4.79 Å². The summed E-state index contributed by atoms with van der Waals surface area (Å²) in [5.41, 5.74) is 2.99. The van der Waals surface area contributed by atoms with E-state index in [2.05, 4.69) is 19.1 Å². The summed E-state index contributed by atoms with van der Waals surface area (Å²) < 4.78 is 5.77. The van der Waals surface area contributed by atoms with Crippen LogP contribution in [0.25, 0.3) is 0 Å². The Morgan fingerprint density at radius 1 is 1.05 bits per heavy atom. The number of hydrogen-bond acceptors (Lipinski definition) is 2. The lowest BCUT2D eigenvalue weighted by Gasteiger charge is -2.10. The second-order valence-corrected chi connectivity index (χ2v) is 4.55. The Kier molecular flexibility index (Phi) is 4.35. The van der Waals surface area contributed by atoms with Gasteiger partial charge in [0.05, 0.1) is 5.56 Å². The topological polar surface area (TPSA) is 26.3 Å². The van der Waals surface area contributed by atoms with Crippen LogP contribution in [0.5, 0.6) is 5.75 Å². The molecule has 0 aromatic heterocycles. The van der Waals surface area contributed by atoms with Gasteiger partial charge in [0.1, 0.15) is 12.4 Å². The number of rotatable bonds is 5. The molecular formula is C17H18O2. The van der Waals surface area contributed by atoms with E-state index in [4.69, 9.17) is 4.74 Å². The minimum absolute atomic E-state index is 0.111. The number of carbonyl (C=O) groups excluding carboxylic acids is 1. The van der Waals surface area contributed by atoms with Crippen molar-refractivity contribution in [2.75, 3.05) is 0 Å². The quantitative estimate of drug-likeness (QED) is 0.749. The standard InChI is InChI=1S/C17H18O2/c1-3-16(18)15-6-4-5-7-17(15)19-12-14-10-8-13(2)9-11-14/h4-11H,3,12H2,1-2H3. The average molecular weight is 254 g/mol. The minimum atomic E-state index is 0.111. The van der Waals surface area contributed by atoms with Crippen molar-refractivity contribution in [2.24, 2.45) is 0 Å². The molecule has 0 spiro atoms. The molecule has 2 aromatic carbocycles. The van der Waals surface area contributed by atoms with Gasteiger partial charge in [-0.2, -0.15) is 0 Å². The van der Waals surface area contributed by atoms with E-state index in [1.165, 1.54) is 5.56 Å². The van der Waals surface area contributed by atoms with Crippen molar-refractivity contribution in [3.8, 4) is 5.75 Å². The summed E-state index contributed by atoms with van der Waals surface area (Å²) in [5, 5.41) is 0. The van der Waals surface area contributed by atoms with Crippen LogP contribution in [0.2, 0.25) is 0 Å². The van der Waals surface area contributed by atoms with Crippen LogP contribution < -0.4 is 4.74 Å². The fourth-order valence-electron chi connectivity index (χ4n) is 1.86. The highest BCUT2D eigenvalue weighted by atomic mass is 16.5. The zero-order chi connectivity index (χ0) is 13.7. The summed E-state index contributed by atoms with van der Waals surface area (Å²) in [7, 11) is 0. The maximum Gasteiger partial charge on any atom is 0.166 e. The van der Waals surface area contributed by atoms with Crippen LogP contribution in [0.3, 0.4) is 0 Å². The van der Waals surface area contributed by atoms with Crippen molar-refractivity contribution in [1.82, 2.24) is 0 Å². The van der Waals surface area contributed by atoms with Crippen molar-refractivity contribution in [1.29, 1.82) is 0 Å². The van der Waals surface area contributed by atoms with E-state index in [1.54, 1.807) is 0 Å². The number of aryl methyl sites for hydroxylation is 1. The first-order valence-corrected chi connectivity index (χ1v) is 6.51. The Morgan fingerprint density at radius 3 is 2.42 bits per heavy atom. The number of hydrogen-bond donors (Lipinski definition) is 0. The summed E-state index contributed by atoms with van der Waals surface area (Å²) in [5.74, 6) is 0.773. The van der Waals surface area contributed by atoms with E-state index in [0.717, 1.165) is 5.56 Å². The van der Waals surface area contributed by atoms with Crippen LogP contribution in [0.1, 0.15) is 34.8 Å². The number of ketones is 1. The van der Waals surface area contributed by atoms with Crippen LogP contribution in [-0.2, 0) is 6.61 Å². The first kappa shape index (κ1) is 13.3. The van der Waals surface area contributed by atoms with Crippen molar-refractivity contribution in [3.05, 3.63) is 65.2 Å². The first-order valence-electron chi connectivity index (χ1n) is 6.51. The lowest BCUT2D eigenvalue weighted by Crippen LogP contribution is -2.03. The van der Waals surface area contributed by atoms with Gasteiger partial charge in [-0.05, 0) is 24.6 Å². The van der Waals surface area contributed by atoms with Crippen LogP contribution in [-0.4, -0.2) is 5.78 Å². The third-order valence-electron chi connectivity index (χ3n) is 3.02. The van der Waals surface area contributed by atoms with Crippen molar-refractivity contribution in [3.63, 3.8) is 0 Å². The molecule has 0 radical (unpaired) electrons. The van der Waals surface area contributed by atoms with Gasteiger partial charge >= 0.3 is 0 Å². The molecule has 0 saturated heterocycles. The van der Waals surface area contributed by atoms with E-state index in [1.807, 2.05) is 43.3 Å². The molecule has 2 rings (SSSR count). The molecular weight excluding hydrogens is 236 g/mol. The molecule has 2 heteroatoms. The summed E-state index contributed by atoms with van der Waals surface area (Å²) in [6, 6.07) is 15.6. The maximum atomic E-state index is 11.8. The second kappa shape index (κ2) is 6.19. The molecule has 2 nitrogen and oxygen atoms in total. The van der Waals surface area contributed by atoms with Crippen molar-refractivity contribution < 1.29 is 9.53 Å². The van der Waals surface area contributed by atoms with Gasteiger partial charge < -0.3 is 4.74 Å². The fourth-order valence-corrected chi connectivity index (χ4v) is 1.86. The van der Waals surface area contributed by atoms with Gasteiger partial charge in [-0.1, -0.05) is 48.9 Å². The Bertz CT molecular complexity index is 556. The first-order chi connectivity index (χ1) is 9.20. The van der Waals surface area contributed by atoms with Crippen LogP contribution in [0.4, 0.5) is 0 Å². The lowest BCUT2D eigenvalue weighted by atomic mass is 10.1. The predicted octanol–water partition coefficient (Wildman–Crippen LogP) is 4.17. The smallest absolute Gasteiger partial charge is 0.166 e. The van der Waals surface area contributed by atoms with Crippen LogP contribution in [0, 0.1) is 6.92 Å². The third kappa shape index (κ3) is 3.44. The zero-order valence-electron chi connectivity index (χ0n) is 11.3. The molecule has 0 unspecified atom stereocenters. The van der Waals surface area contributed by atoms with Crippen molar-refractivity contribution >= 4 is 5.78 Å². The molecule has 0 atom stereocenters. The zero-order valence-corrected chi connectivity index (χ0v) is 11.3. The monoisotopic (exact) mass is 254 g/mol. The highest BCUT2D eigenvalue weighted by Crippen LogP contribution is 2.21. The lowest BCUT2D eigenvalue weighted by molar-refractivity contribution is 0.0983. The van der Waals surface area contributed by atoms with E-state index in [-0.39, 0.29) is 5.78 Å². The Morgan fingerprint density at radius 2 is 1.74 bits per heavy atom. The number of Topliss-reactive ketones (excluding diaryl/α,β-unsaturated/α-hetero) is 1. The number of para-hydroxylation sites is 1. The average Bonchev–Trinajstić information content (AvgIpc) is 2.46. The number of benzene rings is 2. The summed E-state index contributed by atoms with van der Waals surface area (Å²) in [6.07, 6.45) is 0.491. The van der Waals surface area contributed by atoms with E-state index >= 15 is 0 Å². The molecule has 0 N–H and O–H groups in total. The Labute approximate surface area is 114 Å². The molecule has 19 heavy (non-hydrogen) atoms. The summed E-state index contributed by atoms with van der Waals surface area (Å²) >= 11 is 0. The normalized spacial score (nSPS) is 10.2. The largest absolute Gasteiger partial charge is 0.488 e. The fraction of sp³-hybridized carbons (Fsp3) is 0.235. The Hall–Kier alpha value is -2.09. The molecule has 2 aromatic rings. The molecule has 0 bridgehead atoms.